The molecule has 0 fully saturated rings. The molecule has 0 bridgehead atoms. The van der Waals surface area contributed by atoms with E-state index in [2.05, 4.69) is 6.58 Å². The average molecular weight is 134 g/mol. The van der Waals surface area contributed by atoms with Crippen molar-refractivity contribution in [3.63, 3.8) is 0 Å². The zero-order chi connectivity index (χ0) is 7.56. The maximum Gasteiger partial charge on any atom is 0.0621 e. The van der Waals surface area contributed by atoms with Gasteiger partial charge < -0.3 is 11.5 Å². The van der Waals surface area contributed by atoms with Gasteiger partial charge in [-0.1, -0.05) is 24.8 Å². The fourth-order valence-corrected chi connectivity index (χ4v) is 0.780. The van der Waals surface area contributed by atoms with Gasteiger partial charge in [0, 0.05) is 0 Å². The van der Waals surface area contributed by atoms with Crippen LogP contribution < -0.4 is 11.5 Å². The molecule has 0 aliphatic rings. The summed E-state index contributed by atoms with van der Waals surface area (Å²) in [4.78, 5) is 0. The molecule has 0 unspecified atom stereocenters. The van der Waals surface area contributed by atoms with Gasteiger partial charge in [0.25, 0.3) is 0 Å². The lowest BCUT2D eigenvalue weighted by atomic mass is 10.1. The van der Waals surface area contributed by atoms with Gasteiger partial charge in [-0.15, -0.1) is 0 Å². The highest BCUT2D eigenvalue weighted by atomic mass is 14.7. The molecule has 2 heteroatoms. The first-order chi connectivity index (χ1) is 4.75. The van der Waals surface area contributed by atoms with Gasteiger partial charge in [0.15, 0.2) is 0 Å². The summed E-state index contributed by atoms with van der Waals surface area (Å²) < 4.78 is 0. The number of hydrogen-bond donors (Lipinski definition) is 2. The Bertz CT molecular complexity index is 253. The fourth-order valence-electron chi connectivity index (χ4n) is 0.780. The lowest BCUT2D eigenvalue weighted by molar-refractivity contribution is 1.63. The summed E-state index contributed by atoms with van der Waals surface area (Å²) in [5.41, 5.74) is 13.2. The fraction of sp³-hybridized carbons (Fsp3) is 0. The van der Waals surface area contributed by atoms with Crippen molar-refractivity contribution >= 4 is 17.5 Å². The summed E-state index contributed by atoms with van der Waals surface area (Å²) in [5, 5.41) is 0. The quantitative estimate of drug-likeness (QED) is 0.572. The van der Waals surface area contributed by atoms with Gasteiger partial charge in [0.2, 0.25) is 0 Å². The maximum atomic E-state index is 5.60. The highest BCUT2D eigenvalue weighted by molar-refractivity contribution is 5.74. The summed E-state index contributed by atoms with van der Waals surface area (Å²) >= 11 is 0. The molecule has 0 aliphatic carbocycles. The molecule has 0 atom stereocenters. The smallest absolute Gasteiger partial charge is 0.0621 e. The molecule has 0 aromatic heterocycles. The number of benzene rings is 1. The summed E-state index contributed by atoms with van der Waals surface area (Å²) in [6, 6.07) is 5.49. The van der Waals surface area contributed by atoms with Gasteiger partial charge in [0.05, 0.1) is 11.4 Å². The number of nitrogen functional groups attached to an aromatic ring is 2. The van der Waals surface area contributed by atoms with E-state index in [0.29, 0.717) is 11.4 Å². The molecule has 1 aromatic carbocycles. The molecule has 2 nitrogen and oxygen atoms in total. The van der Waals surface area contributed by atoms with Crippen LogP contribution in [0, 0.1) is 0 Å². The molecule has 0 aliphatic heterocycles. The zero-order valence-corrected chi connectivity index (χ0v) is 5.67. The van der Waals surface area contributed by atoms with Crippen LogP contribution in [-0.4, -0.2) is 0 Å². The zero-order valence-electron chi connectivity index (χ0n) is 5.67. The van der Waals surface area contributed by atoms with Crippen molar-refractivity contribution in [1.29, 1.82) is 0 Å². The van der Waals surface area contributed by atoms with E-state index in [1.807, 2.05) is 12.1 Å². The third-order valence-corrected chi connectivity index (χ3v) is 1.39. The molecule has 4 N–H and O–H groups in total. The third-order valence-electron chi connectivity index (χ3n) is 1.39. The monoisotopic (exact) mass is 134 g/mol. The number of nitrogens with two attached hydrogens (primary N) is 2. The number of anilines is 2. The van der Waals surface area contributed by atoms with Gasteiger partial charge in [0.1, 0.15) is 0 Å². The van der Waals surface area contributed by atoms with Crippen molar-refractivity contribution < 1.29 is 0 Å². The first-order valence-corrected chi connectivity index (χ1v) is 3.02. The molecule has 1 aromatic rings. The van der Waals surface area contributed by atoms with E-state index < -0.39 is 0 Å². The highest BCUT2D eigenvalue weighted by Crippen LogP contribution is 2.19. The van der Waals surface area contributed by atoms with Crippen LogP contribution in [0.25, 0.3) is 6.08 Å². The molecule has 0 saturated carbocycles. The van der Waals surface area contributed by atoms with E-state index >= 15 is 0 Å². The minimum absolute atomic E-state index is 0.609. The van der Waals surface area contributed by atoms with Crippen molar-refractivity contribution in [1.82, 2.24) is 0 Å². The molecular weight excluding hydrogens is 124 g/mol. The Morgan fingerprint density at radius 2 is 2.00 bits per heavy atom. The molecule has 52 valence electrons. The Kier molecular flexibility index (Phi) is 1.63. The van der Waals surface area contributed by atoms with Crippen molar-refractivity contribution in [3.8, 4) is 0 Å². The van der Waals surface area contributed by atoms with Gasteiger partial charge in [-0.25, -0.2) is 0 Å². The Hall–Kier alpha value is -1.44. The molecule has 0 spiro atoms. The van der Waals surface area contributed by atoms with Crippen molar-refractivity contribution in [2.75, 3.05) is 11.5 Å². The van der Waals surface area contributed by atoms with E-state index in [4.69, 9.17) is 11.5 Å². The van der Waals surface area contributed by atoms with Gasteiger partial charge >= 0.3 is 0 Å². The van der Waals surface area contributed by atoms with E-state index in [-0.39, 0.29) is 0 Å². The van der Waals surface area contributed by atoms with Crippen LogP contribution in [0.4, 0.5) is 11.4 Å². The third kappa shape index (κ3) is 0.957. The Balaban J connectivity index is 3.27. The molecule has 0 amide bonds. The summed E-state index contributed by atoms with van der Waals surface area (Å²) in [7, 11) is 0. The van der Waals surface area contributed by atoms with Crippen LogP contribution >= 0.6 is 0 Å². The minimum atomic E-state index is 0.609. The Labute approximate surface area is 60.2 Å². The van der Waals surface area contributed by atoms with Gasteiger partial charge in [-0.2, -0.15) is 0 Å². The SMILES string of the molecule is C=Cc1cccc(N)c1N. The average Bonchev–Trinajstić information content (AvgIpc) is 1.95. The second kappa shape index (κ2) is 2.43. The second-order valence-corrected chi connectivity index (χ2v) is 2.05. The Morgan fingerprint density at radius 1 is 1.30 bits per heavy atom. The Morgan fingerprint density at radius 3 is 2.50 bits per heavy atom. The van der Waals surface area contributed by atoms with Crippen LogP contribution in [0.2, 0.25) is 0 Å². The molecule has 0 radical (unpaired) electrons. The topological polar surface area (TPSA) is 52.0 Å². The summed E-state index contributed by atoms with van der Waals surface area (Å²) in [6.45, 7) is 3.60. The van der Waals surface area contributed by atoms with Crippen LogP contribution in [0.15, 0.2) is 24.8 Å². The maximum absolute atomic E-state index is 5.60. The van der Waals surface area contributed by atoms with Crippen molar-refractivity contribution in [3.05, 3.63) is 30.3 Å². The molecule has 0 heterocycles. The largest absolute Gasteiger partial charge is 0.397 e. The van der Waals surface area contributed by atoms with E-state index in [9.17, 15) is 0 Å². The molecule has 0 saturated heterocycles. The van der Waals surface area contributed by atoms with E-state index in [1.54, 1.807) is 12.1 Å². The number of rotatable bonds is 1. The first kappa shape index (κ1) is 6.68. The lowest BCUT2D eigenvalue weighted by Crippen LogP contribution is -1.95. The minimum Gasteiger partial charge on any atom is -0.397 e. The first-order valence-electron chi connectivity index (χ1n) is 3.02. The predicted molar refractivity (Wildman–Crippen MR) is 45.4 cm³/mol. The van der Waals surface area contributed by atoms with Crippen LogP contribution in [-0.2, 0) is 0 Å². The summed E-state index contributed by atoms with van der Waals surface area (Å²) in [5.74, 6) is 0. The van der Waals surface area contributed by atoms with Gasteiger partial charge in [-0.05, 0) is 11.6 Å². The van der Waals surface area contributed by atoms with Crippen molar-refractivity contribution in [2.24, 2.45) is 0 Å². The van der Waals surface area contributed by atoms with Gasteiger partial charge in [-0.3, -0.25) is 0 Å². The normalized spacial score (nSPS) is 9.20. The lowest BCUT2D eigenvalue weighted by Gasteiger charge is -2.01. The molecule has 10 heavy (non-hydrogen) atoms. The second-order valence-electron chi connectivity index (χ2n) is 2.05. The number of para-hydroxylation sites is 1. The predicted octanol–water partition coefficient (Wildman–Crippen LogP) is 1.49. The molecule has 1 rings (SSSR count). The van der Waals surface area contributed by atoms with Crippen molar-refractivity contribution in [2.45, 2.75) is 0 Å². The van der Waals surface area contributed by atoms with Crippen LogP contribution in [0.3, 0.4) is 0 Å². The highest BCUT2D eigenvalue weighted by Gasteiger charge is 1.95. The summed E-state index contributed by atoms with van der Waals surface area (Å²) in [6.07, 6.45) is 1.69. The van der Waals surface area contributed by atoms with E-state index in [1.165, 1.54) is 0 Å². The van der Waals surface area contributed by atoms with Crippen LogP contribution in [0.5, 0.6) is 0 Å². The van der Waals surface area contributed by atoms with Crippen LogP contribution in [0.1, 0.15) is 5.56 Å². The standard InChI is InChI=1S/C8H10N2/c1-2-6-4-3-5-7(9)8(6)10/h2-5H,1,9-10H2. The molecular formula is C8H10N2. The number of hydrogen-bond acceptors (Lipinski definition) is 2. The van der Waals surface area contributed by atoms with E-state index in [0.717, 1.165) is 5.56 Å².